The molecule has 0 fully saturated rings. The molecule has 0 saturated carbocycles. The predicted octanol–water partition coefficient (Wildman–Crippen LogP) is 7.10. The van der Waals surface area contributed by atoms with Gasteiger partial charge in [-0.15, -0.1) is 0 Å². The Bertz CT molecular complexity index is 1040. The van der Waals surface area contributed by atoms with Gasteiger partial charge in [0.05, 0.1) is 0 Å². The van der Waals surface area contributed by atoms with Crippen LogP contribution in [-0.2, 0) is 0 Å². The molecule has 0 amide bonds. The largest absolute Gasteiger partial charge is 0.344 e. The van der Waals surface area contributed by atoms with Crippen molar-refractivity contribution in [3.8, 4) is 22.3 Å². The molecule has 132 valence electrons. The van der Waals surface area contributed by atoms with Crippen molar-refractivity contribution in [1.29, 1.82) is 0 Å². The molecular weight excluding hydrogens is 326 g/mol. The van der Waals surface area contributed by atoms with Gasteiger partial charge in [0.15, 0.2) is 0 Å². The zero-order valence-corrected chi connectivity index (χ0v) is 15.8. The van der Waals surface area contributed by atoms with Crippen molar-refractivity contribution in [2.24, 2.45) is 0 Å². The minimum Gasteiger partial charge on any atom is -0.344 e. The Kier molecular flexibility index (Phi) is 4.76. The standard InChI is InChI=1S/C26H23N/c1-20-10-9-13-22(18-20)23-16-17-26(27(2)24-14-7-4-8-15-24)25(19-23)21-11-5-3-6-12-21/h3-19H,1-2H3. The monoisotopic (exact) mass is 349 g/mol. The molecule has 0 unspecified atom stereocenters. The lowest BCUT2D eigenvalue weighted by Crippen LogP contribution is -2.10. The summed E-state index contributed by atoms with van der Waals surface area (Å²) in [6.45, 7) is 2.14. The smallest absolute Gasteiger partial charge is 0.0488 e. The van der Waals surface area contributed by atoms with Crippen LogP contribution in [0.15, 0.2) is 103 Å². The van der Waals surface area contributed by atoms with Crippen LogP contribution in [0.25, 0.3) is 22.3 Å². The molecule has 0 radical (unpaired) electrons. The van der Waals surface area contributed by atoms with Crippen LogP contribution in [0.4, 0.5) is 11.4 Å². The van der Waals surface area contributed by atoms with E-state index in [0.29, 0.717) is 0 Å². The van der Waals surface area contributed by atoms with Gasteiger partial charge in [-0.25, -0.2) is 0 Å². The third-order valence-electron chi connectivity index (χ3n) is 4.94. The van der Waals surface area contributed by atoms with E-state index in [1.54, 1.807) is 0 Å². The van der Waals surface area contributed by atoms with E-state index in [0.717, 1.165) is 0 Å². The summed E-state index contributed by atoms with van der Waals surface area (Å²) in [5.74, 6) is 0. The molecule has 0 bridgehead atoms. The molecule has 0 N–H and O–H groups in total. The highest BCUT2D eigenvalue weighted by Crippen LogP contribution is 2.37. The molecule has 0 aromatic heterocycles. The summed E-state index contributed by atoms with van der Waals surface area (Å²) in [4.78, 5) is 2.25. The predicted molar refractivity (Wildman–Crippen MR) is 117 cm³/mol. The highest BCUT2D eigenvalue weighted by molar-refractivity contribution is 5.86. The maximum absolute atomic E-state index is 2.30. The van der Waals surface area contributed by atoms with Crippen molar-refractivity contribution in [2.45, 2.75) is 6.92 Å². The minimum absolute atomic E-state index is 1.18. The van der Waals surface area contributed by atoms with E-state index in [1.165, 1.54) is 39.2 Å². The Morgan fingerprint density at radius 1 is 0.556 bits per heavy atom. The molecule has 0 heterocycles. The third kappa shape index (κ3) is 3.63. The fourth-order valence-corrected chi connectivity index (χ4v) is 3.47. The first-order valence-electron chi connectivity index (χ1n) is 9.28. The van der Waals surface area contributed by atoms with E-state index in [2.05, 4.69) is 122 Å². The van der Waals surface area contributed by atoms with Gasteiger partial charge in [0.1, 0.15) is 0 Å². The molecule has 4 rings (SSSR count). The van der Waals surface area contributed by atoms with Gasteiger partial charge in [0.25, 0.3) is 0 Å². The second-order valence-electron chi connectivity index (χ2n) is 6.86. The highest BCUT2D eigenvalue weighted by atomic mass is 15.1. The molecule has 4 aromatic rings. The number of hydrogen-bond acceptors (Lipinski definition) is 1. The van der Waals surface area contributed by atoms with Gasteiger partial charge in [-0.05, 0) is 47.9 Å². The molecule has 0 saturated heterocycles. The lowest BCUT2D eigenvalue weighted by Gasteiger charge is -2.24. The van der Waals surface area contributed by atoms with Gasteiger partial charge < -0.3 is 4.90 Å². The van der Waals surface area contributed by atoms with Crippen LogP contribution in [0, 0.1) is 6.92 Å². The van der Waals surface area contributed by atoms with Crippen molar-refractivity contribution in [2.75, 3.05) is 11.9 Å². The van der Waals surface area contributed by atoms with Crippen LogP contribution >= 0.6 is 0 Å². The molecule has 0 aliphatic carbocycles. The maximum atomic E-state index is 2.30. The lowest BCUT2D eigenvalue weighted by molar-refractivity contribution is 1.21. The maximum Gasteiger partial charge on any atom is 0.0488 e. The van der Waals surface area contributed by atoms with Gasteiger partial charge in [-0.2, -0.15) is 0 Å². The number of rotatable bonds is 4. The Morgan fingerprint density at radius 3 is 1.89 bits per heavy atom. The summed E-state index contributed by atoms with van der Waals surface area (Å²) in [5, 5.41) is 0. The van der Waals surface area contributed by atoms with Gasteiger partial charge in [-0.3, -0.25) is 0 Å². The fraction of sp³-hybridized carbons (Fsp3) is 0.0769. The number of anilines is 2. The second-order valence-corrected chi connectivity index (χ2v) is 6.86. The summed E-state index contributed by atoms with van der Waals surface area (Å²) in [6, 6.07) is 36.5. The summed E-state index contributed by atoms with van der Waals surface area (Å²) in [6.07, 6.45) is 0. The first-order chi connectivity index (χ1) is 13.2. The molecule has 0 atom stereocenters. The lowest BCUT2D eigenvalue weighted by atomic mass is 9.96. The van der Waals surface area contributed by atoms with Gasteiger partial charge in [0.2, 0.25) is 0 Å². The molecule has 0 aliphatic heterocycles. The topological polar surface area (TPSA) is 3.24 Å². The van der Waals surface area contributed by atoms with E-state index < -0.39 is 0 Å². The van der Waals surface area contributed by atoms with Crippen LogP contribution in [0.1, 0.15) is 5.56 Å². The normalized spacial score (nSPS) is 10.6. The molecule has 4 aromatic carbocycles. The van der Waals surface area contributed by atoms with Crippen molar-refractivity contribution in [1.82, 2.24) is 0 Å². The number of hydrogen-bond donors (Lipinski definition) is 0. The Morgan fingerprint density at radius 2 is 1.19 bits per heavy atom. The molecular formula is C26H23N. The Labute approximate surface area is 161 Å². The van der Waals surface area contributed by atoms with Crippen molar-refractivity contribution >= 4 is 11.4 Å². The SMILES string of the molecule is Cc1cccc(-c2ccc(N(C)c3ccccc3)c(-c3ccccc3)c2)c1. The first-order valence-corrected chi connectivity index (χ1v) is 9.28. The molecule has 27 heavy (non-hydrogen) atoms. The quantitative estimate of drug-likeness (QED) is 0.380. The van der Waals surface area contributed by atoms with Crippen LogP contribution in [-0.4, -0.2) is 7.05 Å². The molecule has 1 heteroatoms. The van der Waals surface area contributed by atoms with Crippen LogP contribution in [0.3, 0.4) is 0 Å². The molecule has 0 aliphatic rings. The average molecular weight is 349 g/mol. The molecule has 1 nitrogen and oxygen atoms in total. The minimum atomic E-state index is 1.18. The van der Waals surface area contributed by atoms with E-state index in [4.69, 9.17) is 0 Å². The van der Waals surface area contributed by atoms with Crippen molar-refractivity contribution in [3.05, 3.63) is 109 Å². The van der Waals surface area contributed by atoms with Crippen molar-refractivity contribution in [3.63, 3.8) is 0 Å². The van der Waals surface area contributed by atoms with Crippen LogP contribution < -0.4 is 4.90 Å². The van der Waals surface area contributed by atoms with Crippen molar-refractivity contribution < 1.29 is 0 Å². The number of benzene rings is 4. The summed E-state index contributed by atoms with van der Waals surface area (Å²) in [5.41, 5.74) is 8.61. The van der Waals surface area contributed by atoms with E-state index in [9.17, 15) is 0 Å². The van der Waals surface area contributed by atoms with E-state index in [1.807, 2.05) is 0 Å². The first kappa shape index (κ1) is 17.1. The summed E-state index contributed by atoms with van der Waals surface area (Å²) < 4.78 is 0. The fourth-order valence-electron chi connectivity index (χ4n) is 3.47. The summed E-state index contributed by atoms with van der Waals surface area (Å²) >= 11 is 0. The zero-order chi connectivity index (χ0) is 18.6. The van der Waals surface area contributed by atoms with E-state index in [-0.39, 0.29) is 0 Å². The van der Waals surface area contributed by atoms with Gasteiger partial charge in [0, 0.05) is 24.0 Å². The van der Waals surface area contributed by atoms with Crippen LogP contribution in [0.5, 0.6) is 0 Å². The zero-order valence-electron chi connectivity index (χ0n) is 15.8. The Balaban J connectivity index is 1.86. The third-order valence-corrected chi connectivity index (χ3v) is 4.94. The average Bonchev–Trinajstić information content (AvgIpc) is 2.74. The van der Waals surface area contributed by atoms with Gasteiger partial charge >= 0.3 is 0 Å². The number of para-hydroxylation sites is 1. The Hall–Kier alpha value is -3.32. The summed E-state index contributed by atoms with van der Waals surface area (Å²) in [7, 11) is 2.13. The highest BCUT2D eigenvalue weighted by Gasteiger charge is 2.12. The second kappa shape index (κ2) is 7.51. The number of nitrogens with zero attached hydrogens (tertiary/aromatic N) is 1. The van der Waals surface area contributed by atoms with E-state index >= 15 is 0 Å². The molecule has 0 spiro atoms. The van der Waals surface area contributed by atoms with Crippen LogP contribution in [0.2, 0.25) is 0 Å². The number of aryl methyl sites for hydroxylation is 1. The van der Waals surface area contributed by atoms with Gasteiger partial charge in [-0.1, -0.05) is 84.4 Å².